The van der Waals surface area contributed by atoms with Gasteiger partial charge in [0.2, 0.25) is 0 Å². The fourth-order valence-electron chi connectivity index (χ4n) is 2.25. The number of para-hydroxylation sites is 1. The molecule has 2 aromatic rings. The molecule has 9 heteroatoms. The highest BCUT2D eigenvalue weighted by Gasteiger charge is 2.44. The van der Waals surface area contributed by atoms with Gasteiger partial charge in [-0.3, -0.25) is 0 Å². The van der Waals surface area contributed by atoms with Crippen molar-refractivity contribution in [3.63, 3.8) is 0 Å². The van der Waals surface area contributed by atoms with Crippen molar-refractivity contribution in [2.45, 2.75) is 19.5 Å². The molecule has 0 aromatic heterocycles. The molecular weight excluding hydrogens is 384 g/mol. The van der Waals surface area contributed by atoms with E-state index >= 15 is 0 Å². The van der Waals surface area contributed by atoms with Crippen molar-refractivity contribution in [1.29, 1.82) is 0 Å². The van der Waals surface area contributed by atoms with Gasteiger partial charge in [0.25, 0.3) is 0 Å². The van der Waals surface area contributed by atoms with Crippen LogP contribution in [0.1, 0.15) is 12.5 Å². The summed E-state index contributed by atoms with van der Waals surface area (Å²) in [6, 6.07) is 10.8. The van der Waals surface area contributed by atoms with Gasteiger partial charge in [0, 0.05) is 11.6 Å². The van der Waals surface area contributed by atoms with Crippen molar-refractivity contribution in [1.82, 2.24) is 0 Å². The molecule has 1 N–H and O–H groups in total. The molecule has 0 bridgehead atoms. The quantitative estimate of drug-likeness (QED) is 0.376. The van der Waals surface area contributed by atoms with Crippen LogP contribution in [0.3, 0.4) is 0 Å². The molecule has 2 rings (SSSR count). The van der Waals surface area contributed by atoms with Gasteiger partial charge in [-0.2, -0.15) is 17.6 Å². The Hall–Kier alpha value is -3.23. The van der Waals surface area contributed by atoms with Crippen LogP contribution in [0, 0.1) is 0 Å². The second-order valence-electron chi connectivity index (χ2n) is 5.48. The average molecular weight is 400 g/mol. The number of aliphatic carboxylic acids is 1. The summed E-state index contributed by atoms with van der Waals surface area (Å²) in [6.07, 6.45) is -8.66. The molecule has 2 aromatic carbocycles. The first kappa shape index (κ1) is 21.1. The van der Waals surface area contributed by atoms with Crippen LogP contribution in [0.5, 0.6) is 17.2 Å². The molecule has 0 unspecified atom stereocenters. The zero-order valence-electron chi connectivity index (χ0n) is 14.8. The SMILES string of the molecule is CO/C(C)=C(/C(=O)O)c1ccccc1Oc1cccc(OC(F)(F)C(F)F)c1. The maximum Gasteiger partial charge on any atom is 0.461 e. The summed E-state index contributed by atoms with van der Waals surface area (Å²) in [7, 11) is 1.31. The maximum absolute atomic E-state index is 13.1. The molecule has 0 saturated carbocycles. The molecule has 0 saturated heterocycles. The molecule has 0 aliphatic carbocycles. The third kappa shape index (κ3) is 4.93. The molecule has 5 nitrogen and oxygen atoms in total. The highest BCUT2D eigenvalue weighted by atomic mass is 19.3. The van der Waals surface area contributed by atoms with E-state index in [1.54, 1.807) is 12.1 Å². The van der Waals surface area contributed by atoms with Gasteiger partial charge in [-0.25, -0.2) is 4.79 Å². The highest BCUT2D eigenvalue weighted by molar-refractivity contribution is 6.16. The highest BCUT2D eigenvalue weighted by Crippen LogP contribution is 2.34. The van der Waals surface area contributed by atoms with Crippen LogP contribution in [0.4, 0.5) is 17.6 Å². The second-order valence-corrected chi connectivity index (χ2v) is 5.48. The molecule has 0 aliphatic rings. The molecule has 0 fully saturated rings. The number of hydrogen-bond acceptors (Lipinski definition) is 4. The summed E-state index contributed by atoms with van der Waals surface area (Å²) >= 11 is 0. The summed E-state index contributed by atoms with van der Waals surface area (Å²) < 4.78 is 65.4. The molecule has 150 valence electrons. The van der Waals surface area contributed by atoms with Gasteiger partial charge in [-0.05, 0) is 25.1 Å². The molecule has 0 spiro atoms. The summed E-state index contributed by atoms with van der Waals surface area (Å²) in [5.41, 5.74) is 0.0216. The van der Waals surface area contributed by atoms with Gasteiger partial charge in [0.1, 0.15) is 28.6 Å². The van der Waals surface area contributed by atoms with E-state index in [1.165, 1.54) is 38.3 Å². The van der Waals surface area contributed by atoms with Gasteiger partial charge in [0.15, 0.2) is 0 Å². The van der Waals surface area contributed by atoms with Crippen molar-refractivity contribution in [2.75, 3.05) is 7.11 Å². The van der Waals surface area contributed by atoms with Gasteiger partial charge in [-0.15, -0.1) is 0 Å². The summed E-state index contributed by atoms with van der Waals surface area (Å²) in [5, 5.41) is 9.47. The Morgan fingerprint density at radius 2 is 1.71 bits per heavy atom. The smallest absolute Gasteiger partial charge is 0.461 e. The number of rotatable bonds is 8. The Balaban J connectivity index is 2.38. The van der Waals surface area contributed by atoms with Gasteiger partial charge >= 0.3 is 18.5 Å². The Bertz CT molecular complexity index is 880. The zero-order valence-corrected chi connectivity index (χ0v) is 14.8. The number of halogens is 4. The van der Waals surface area contributed by atoms with Crippen LogP contribution in [0.25, 0.3) is 5.57 Å². The largest absolute Gasteiger partial charge is 0.500 e. The van der Waals surface area contributed by atoms with E-state index in [0.717, 1.165) is 12.1 Å². The summed E-state index contributed by atoms with van der Waals surface area (Å²) in [4.78, 5) is 11.6. The fraction of sp³-hybridized carbons (Fsp3) is 0.211. The number of allylic oxidation sites excluding steroid dienone is 1. The van der Waals surface area contributed by atoms with Crippen molar-refractivity contribution >= 4 is 11.5 Å². The lowest BCUT2D eigenvalue weighted by Gasteiger charge is -2.18. The number of methoxy groups -OCH3 is 1. The number of carbonyl (C=O) groups is 1. The minimum atomic E-state index is -4.66. The maximum atomic E-state index is 13.1. The minimum absolute atomic E-state index is 0.0187. The monoisotopic (exact) mass is 400 g/mol. The number of alkyl halides is 4. The summed E-state index contributed by atoms with van der Waals surface area (Å²) in [6.45, 7) is 1.46. The van der Waals surface area contributed by atoms with Crippen molar-refractivity contribution in [3.8, 4) is 17.2 Å². The topological polar surface area (TPSA) is 65.0 Å². The van der Waals surface area contributed by atoms with Crippen molar-refractivity contribution < 1.29 is 41.7 Å². The van der Waals surface area contributed by atoms with Gasteiger partial charge < -0.3 is 19.3 Å². The first-order valence-electron chi connectivity index (χ1n) is 7.86. The Kier molecular flexibility index (Phi) is 6.50. The first-order chi connectivity index (χ1) is 13.2. The number of carboxylic acids is 1. The van der Waals surface area contributed by atoms with Gasteiger partial charge in [0.05, 0.1) is 7.11 Å². The number of hydrogen-bond donors (Lipinski definition) is 1. The molecule has 0 heterocycles. The lowest BCUT2D eigenvalue weighted by atomic mass is 10.0. The van der Waals surface area contributed by atoms with E-state index in [9.17, 15) is 27.5 Å². The van der Waals surface area contributed by atoms with Crippen LogP contribution >= 0.6 is 0 Å². The van der Waals surface area contributed by atoms with Crippen LogP contribution in [-0.4, -0.2) is 30.7 Å². The predicted octanol–water partition coefficient (Wildman–Crippen LogP) is 5.18. The van der Waals surface area contributed by atoms with Crippen molar-refractivity contribution in [2.24, 2.45) is 0 Å². The lowest BCUT2D eigenvalue weighted by Crippen LogP contribution is -2.33. The Morgan fingerprint density at radius 3 is 2.32 bits per heavy atom. The van der Waals surface area contributed by atoms with E-state index in [1.807, 2.05) is 0 Å². The van der Waals surface area contributed by atoms with Crippen LogP contribution < -0.4 is 9.47 Å². The third-order valence-electron chi connectivity index (χ3n) is 3.57. The molecular formula is C19H16F4O5. The number of ether oxygens (including phenoxy) is 3. The molecule has 28 heavy (non-hydrogen) atoms. The van der Waals surface area contributed by atoms with E-state index in [-0.39, 0.29) is 28.4 Å². The van der Waals surface area contributed by atoms with Crippen LogP contribution in [0.2, 0.25) is 0 Å². The average Bonchev–Trinajstić information content (AvgIpc) is 2.62. The van der Waals surface area contributed by atoms with Crippen LogP contribution in [-0.2, 0) is 9.53 Å². The van der Waals surface area contributed by atoms with E-state index < -0.39 is 24.3 Å². The van der Waals surface area contributed by atoms with Crippen molar-refractivity contribution in [3.05, 3.63) is 59.9 Å². The Morgan fingerprint density at radius 1 is 1.07 bits per heavy atom. The second kappa shape index (κ2) is 8.64. The first-order valence-corrected chi connectivity index (χ1v) is 7.86. The molecule has 0 radical (unpaired) electrons. The molecule has 0 amide bonds. The minimum Gasteiger partial charge on any atom is -0.500 e. The Labute approximate surface area is 157 Å². The normalized spacial score (nSPS) is 12.4. The zero-order chi connectivity index (χ0) is 20.9. The number of carboxylic acid groups (broad SMARTS) is 1. The van der Waals surface area contributed by atoms with Crippen LogP contribution in [0.15, 0.2) is 54.3 Å². The fourth-order valence-corrected chi connectivity index (χ4v) is 2.25. The van der Waals surface area contributed by atoms with E-state index in [0.29, 0.717) is 0 Å². The van der Waals surface area contributed by atoms with Gasteiger partial charge in [-0.1, -0.05) is 24.3 Å². The molecule has 0 atom stereocenters. The lowest BCUT2D eigenvalue weighted by molar-refractivity contribution is -0.253. The van der Waals surface area contributed by atoms with E-state index in [4.69, 9.17) is 9.47 Å². The summed E-state index contributed by atoms with van der Waals surface area (Å²) in [5.74, 6) is -1.60. The predicted molar refractivity (Wildman–Crippen MR) is 91.8 cm³/mol. The van der Waals surface area contributed by atoms with E-state index in [2.05, 4.69) is 4.74 Å². The standard InChI is InChI=1S/C19H16F4O5/c1-11(26-2)16(17(24)25)14-8-3-4-9-15(14)27-12-6-5-7-13(10-12)28-19(22,23)18(20)21/h3-10,18H,1-2H3,(H,24,25)/b16-11+. The third-order valence-corrected chi connectivity index (χ3v) is 3.57. The number of benzene rings is 2. The molecule has 0 aliphatic heterocycles.